The van der Waals surface area contributed by atoms with Crippen LogP contribution in [-0.2, 0) is 6.42 Å². The van der Waals surface area contributed by atoms with Crippen LogP contribution in [0.3, 0.4) is 0 Å². The Balaban J connectivity index is 2.25. The molecule has 3 rings (SSSR count). The van der Waals surface area contributed by atoms with Crippen LogP contribution in [-0.4, -0.2) is 19.8 Å². The van der Waals surface area contributed by atoms with Gasteiger partial charge in [-0.1, -0.05) is 6.92 Å². The molecular formula is C18H17FN2O2S. The Kier molecular flexibility index (Phi) is 4.24. The molecule has 0 saturated carbocycles. The Hall–Kier alpha value is -2.47. The van der Waals surface area contributed by atoms with E-state index in [1.807, 2.05) is 6.92 Å². The van der Waals surface area contributed by atoms with Crippen molar-refractivity contribution in [2.45, 2.75) is 25.4 Å². The molecule has 4 nitrogen and oxygen atoms in total. The van der Waals surface area contributed by atoms with Crippen molar-refractivity contribution in [2.75, 3.05) is 0 Å². The number of aromatic hydroxyl groups is 2. The summed E-state index contributed by atoms with van der Waals surface area (Å²) in [5.74, 6) is -0.327. The number of thiol groups is 1. The van der Waals surface area contributed by atoms with Gasteiger partial charge in [0.1, 0.15) is 17.3 Å². The van der Waals surface area contributed by atoms with Crippen LogP contribution < -0.4 is 0 Å². The van der Waals surface area contributed by atoms with Crippen molar-refractivity contribution in [1.82, 2.24) is 9.55 Å². The molecule has 0 aliphatic heterocycles. The minimum absolute atomic E-state index is 0.0499. The molecule has 0 spiro atoms. The summed E-state index contributed by atoms with van der Waals surface area (Å²) in [6.07, 6.45) is 2.22. The second kappa shape index (κ2) is 6.20. The summed E-state index contributed by atoms with van der Waals surface area (Å²) in [5.41, 5.74) is 3.30. The van der Waals surface area contributed by atoms with E-state index in [0.29, 0.717) is 28.4 Å². The van der Waals surface area contributed by atoms with E-state index in [4.69, 9.17) is 0 Å². The number of aryl methyl sites for hydroxylation is 2. The zero-order valence-corrected chi connectivity index (χ0v) is 14.2. The van der Waals surface area contributed by atoms with Gasteiger partial charge in [0.15, 0.2) is 5.16 Å². The number of benzene rings is 2. The van der Waals surface area contributed by atoms with Crippen LogP contribution in [0.1, 0.15) is 18.1 Å². The normalized spacial score (nSPS) is 11.0. The predicted octanol–water partition coefficient (Wildman–Crippen LogP) is 4.25. The smallest absolute Gasteiger partial charge is 0.169 e. The molecule has 2 N–H and O–H groups in total. The van der Waals surface area contributed by atoms with Crippen molar-refractivity contribution in [3.63, 3.8) is 0 Å². The summed E-state index contributed by atoms with van der Waals surface area (Å²) >= 11 is 4.38. The second-order valence-electron chi connectivity index (χ2n) is 5.56. The molecule has 2 aromatic carbocycles. The SMILES string of the molecule is CCc1cc(-c2cnc(S)n2-c2ccc(F)cc2C)c(O)cc1O. The average molecular weight is 344 g/mol. The van der Waals surface area contributed by atoms with Gasteiger partial charge < -0.3 is 10.2 Å². The third kappa shape index (κ3) is 2.73. The van der Waals surface area contributed by atoms with Crippen LogP contribution in [0.5, 0.6) is 11.5 Å². The average Bonchev–Trinajstić information content (AvgIpc) is 2.89. The highest BCUT2D eigenvalue weighted by Crippen LogP contribution is 2.37. The molecule has 1 aromatic heterocycles. The van der Waals surface area contributed by atoms with E-state index in [9.17, 15) is 14.6 Å². The maximum absolute atomic E-state index is 13.4. The summed E-state index contributed by atoms with van der Waals surface area (Å²) in [7, 11) is 0. The third-order valence-corrected chi connectivity index (χ3v) is 4.31. The summed E-state index contributed by atoms with van der Waals surface area (Å²) in [6, 6.07) is 7.49. The topological polar surface area (TPSA) is 58.3 Å². The Labute approximate surface area is 144 Å². The fourth-order valence-corrected chi connectivity index (χ4v) is 3.02. The number of hydrogen-bond acceptors (Lipinski definition) is 4. The van der Waals surface area contributed by atoms with Crippen molar-refractivity contribution in [3.8, 4) is 28.4 Å². The molecule has 0 aliphatic rings. The molecule has 0 radical (unpaired) electrons. The summed E-state index contributed by atoms with van der Waals surface area (Å²) < 4.78 is 15.1. The van der Waals surface area contributed by atoms with Crippen LogP contribution in [0.25, 0.3) is 16.9 Å². The van der Waals surface area contributed by atoms with Crippen LogP contribution in [0.15, 0.2) is 41.7 Å². The Morgan fingerprint density at radius 1 is 1.17 bits per heavy atom. The zero-order valence-electron chi connectivity index (χ0n) is 13.3. The molecule has 0 fully saturated rings. The molecule has 1 heterocycles. The monoisotopic (exact) mass is 344 g/mol. The second-order valence-corrected chi connectivity index (χ2v) is 5.96. The molecule has 0 atom stereocenters. The van der Waals surface area contributed by atoms with Gasteiger partial charge in [0.2, 0.25) is 0 Å². The van der Waals surface area contributed by atoms with Crippen LogP contribution >= 0.6 is 12.6 Å². The van der Waals surface area contributed by atoms with Gasteiger partial charge >= 0.3 is 0 Å². The van der Waals surface area contributed by atoms with Crippen molar-refractivity contribution < 1.29 is 14.6 Å². The number of phenolic OH excluding ortho intramolecular Hbond substituents is 2. The van der Waals surface area contributed by atoms with Gasteiger partial charge in [-0.15, -0.1) is 12.6 Å². The zero-order chi connectivity index (χ0) is 17.4. The Morgan fingerprint density at radius 3 is 2.58 bits per heavy atom. The molecule has 0 bridgehead atoms. The Morgan fingerprint density at radius 2 is 1.92 bits per heavy atom. The highest BCUT2D eigenvalue weighted by molar-refractivity contribution is 7.80. The largest absolute Gasteiger partial charge is 0.508 e. The minimum Gasteiger partial charge on any atom is -0.508 e. The molecule has 0 unspecified atom stereocenters. The first-order chi connectivity index (χ1) is 11.4. The van der Waals surface area contributed by atoms with Gasteiger partial charge in [0.05, 0.1) is 17.6 Å². The lowest BCUT2D eigenvalue weighted by Gasteiger charge is -2.15. The maximum Gasteiger partial charge on any atom is 0.169 e. The van der Waals surface area contributed by atoms with Gasteiger partial charge in [-0.25, -0.2) is 9.37 Å². The first-order valence-corrected chi connectivity index (χ1v) is 7.95. The molecule has 0 saturated heterocycles. The Bertz CT molecular complexity index is 922. The first kappa shape index (κ1) is 16.4. The molecule has 24 heavy (non-hydrogen) atoms. The first-order valence-electron chi connectivity index (χ1n) is 7.50. The van der Waals surface area contributed by atoms with Gasteiger partial charge in [-0.2, -0.15) is 0 Å². The van der Waals surface area contributed by atoms with E-state index in [-0.39, 0.29) is 17.3 Å². The van der Waals surface area contributed by atoms with Crippen LogP contribution in [0.4, 0.5) is 4.39 Å². The van der Waals surface area contributed by atoms with Crippen molar-refractivity contribution in [2.24, 2.45) is 0 Å². The van der Waals surface area contributed by atoms with E-state index < -0.39 is 0 Å². The fourth-order valence-electron chi connectivity index (χ4n) is 2.75. The standard InChI is InChI=1S/C18H17FN2O2S/c1-3-11-7-13(17(23)8-16(11)22)15-9-20-18(24)21(15)14-5-4-12(19)6-10(14)2/h4-9,22-23H,3H2,1-2H3,(H,20,24). The van der Waals surface area contributed by atoms with Crippen molar-refractivity contribution in [1.29, 1.82) is 0 Å². The number of halogens is 1. The maximum atomic E-state index is 13.4. The lowest BCUT2D eigenvalue weighted by atomic mass is 10.0. The number of phenols is 2. The van der Waals surface area contributed by atoms with E-state index in [1.54, 1.807) is 29.8 Å². The number of rotatable bonds is 3. The molecule has 0 amide bonds. The van der Waals surface area contributed by atoms with E-state index >= 15 is 0 Å². The summed E-state index contributed by atoms with van der Waals surface area (Å²) in [5, 5.41) is 20.6. The molecule has 3 aromatic rings. The van der Waals surface area contributed by atoms with Gasteiger partial charge in [-0.05, 0) is 48.7 Å². The molecular weight excluding hydrogens is 327 g/mol. The lowest BCUT2D eigenvalue weighted by molar-refractivity contribution is 0.447. The number of aromatic nitrogens is 2. The predicted molar refractivity (Wildman–Crippen MR) is 93.7 cm³/mol. The van der Waals surface area contributed by atoms with Gasteiger partial charge in [-0.3, -0.25) is 4.57 Å². The van der Waals surface area contributed by atoms with E-state index in [0.717, 1.165) is 11.3 Å². The molecule has 124 valence electrons. The van der Waals surface area contributed by atoms with E-state index in [1.165, 1.54) is 18.2 Å². The number of hydrogen-bond donors (Lipinski definition) is 3. The number of nitrogens with zero attached hydrogens (tertiary/aromatic N) is 2. The molecule has 6 heteroatoms. The van der Waals surface area contributed by atoms with Gasteiger partial charge in [0.25, 0.3) is 0 Å². The van der Waals surface area contributed by atoms with Crippen molar-refractivity contribution in [3.05, 3.63) is 53.5 Å². The fraction of sp³-hybridized carbons (Fsp3) is 0.167. The quantitative estimate of drug-likeness (QED) is 0.623. The third-order valence-electron chi connectivity index (χ3n) is 4.00. The van der Waals surface area contributed by atoms with Gasteiger partial charge in [0, 0.05) is 11.6 Å². The van der Waals surface area contributed by atoms with Crippen LogP contribution in [0, 0.1) is 12.7 Å². The summed E-state index contributed by atoms with van der Waals surface area (Å²) in [6.45, 7) is 3.71. The van der Waals surface area contributed by atoms with E-state index in [2.05, 4.69) is 17.6 Å². The summed E-state index contributed by atoms with van der Waals surface area (Å²) in [4.78, 5) is 4.21. The highest BCUT2D eigenvalue weighted by atomic mass is 32.1. The lowest BCUT2D eigenvalue weighted by Crippen LogP contribution is -2.01. The molecule has 0 aliphatic carbocycles. The highest BCUT2D eigenvalue weighted by Gasteiger charge is 2.18. The minimum atomic E-state index is -0.320. The van der Waals surface area contributed by atoms with Crippen LogP contribution in [0.2, 0.25) is 0 Å². The number of imidazole rings is 1. The van der Waals surface area contributed by atoms with Crippen molar-refractivity contribution >= 4 is 12.6 Å².